The molecular weight excluding hydrogens is 352 g/mol. The Morgan fingerprint density at radius 2 is 2.07 bits per heavy atom. The average molecular weight is 378 g/mol. The van der Waals surface area contributed by atoms with Crippen LogP contribution in [0.25, 0.3) is 10.9 Å². The number of carbonyl (C=O) groups excluding carboxylic acids is 1. The lowest BCUT2D eigenvalue weighted by Crippen LogP contribution is -2.30. The SMILES string of the molecule is Cc1[nH]c2ccc(C(=O)N3CCCn4nc([C@@H](O)C5CC5)cc4C3)cc2c1C. The molecule has 3 aromatic rings. The van der Waals surface area contributed by atoms with E-state index in [1.165, 1.54) is 5.56 Å². The zero-order chi connectivity index (χ0) is 19.4. The van der Waals surface area contributed by atoms with Crippen molar-refractivity contribution < 1.29 is 9.90 Å². The van der Waals surface area contributed by atoms with Crippen molar-refractivity contribution in [3.63, 3.8) is 0 Å². The fourth-order valence-corrected chi connectivity index (χ4v) is 4.23. The van der Waals surface area contributed by atoms with Crippen molar-refractivity contribution in [1.82, 2.24) is 19.7 Å². The number of rotatable bonds is 3. The summed E-state index contributed by atoms with van der Waals surface area (Å²) in [4.78, 5) is 18.5. The van der Waals surface area contributed by atoms with Gasteiger partial charge in [0.1, 0.15) is 6.10 Å². The number of aryl methyl sites for hydroxylation is 3. The Balaban J connectivity index is 1.41. The Morgan fingerprint density at radius 3 is 2.86 bits per heavy atom. The molecule has 28 heavy (non-hydrogen) atoms. The lowest BCUT2D eigenvalue weighted by molar-refractivity contribution is 0.0746. The maximum Gasteiger partial charge on any atom is 0.254 e. The van der Waals surface area contributed by atoms with Crippen LogP contribution in [0.15, 0.2) is 24.3 Å². The van der Waals surface area contributed by atoms with Gasteiger partial charge in [0.15, 0.2) is 0 Å². The van der Waals surface area contributed by atoms with Crippen molar-refractivity contribution in [3.05, 3.63) is 52.5 Å². The number of amides is 1. The predicted octanol–water partition coefficient (Wildman–Crippen LogP) is 3.47. The molecule has 2 aliphatic rings. The average Bonchev–Trinajstić information content (AvgIpc) is 3.45. The van der Waals surface area contributed by atoms with Crippen LogP contribution in [0.1, 0.15) is 58.4 Å². The molecule has 0 unspecified atom stereocenters. The fraction of sp³-hybridized carbons (Fsp3) is 0.455. The topological polar surface area (TPSA) is 74.2 Å². The second kappa shape index (κ2) is 6.48. The number of fused-ring (bicyclic) bond motifs is 2. The van der Waals surface area contributed by atoms with Crippen LogP contribution in [0.3, 0.4) is 0 Å². The molecule has 0 spiro atoms. The fourth-order valence-electron chi connectivity index (χ4n) is 4.23. The summed E-state index contributed by atoms with van der Waals surface area (Å²) in [5.74, 6) is 0.413. The molecule has 2 aromatic heterocycles. The van der Waals surface area contributed by atoms with E-state index in [4.69, 9.17) is 0 Å². The van der Waals surface area contributed by atoms with Crippen LogP contribution in [-0.4, -0.2) is 37.2 Å². The van der Waals surface area contributed by atoms with Gasteiger partial charge < -0.3 is 15.0 Å². The van der Waals surface area contributed by atoms with Crippen molar-refractivity contribution >= 4 is 16.8 Å². The molecule has 6 nitrogen and oxygen atoms in total. The zero-order valence-electron chi connectivity index (χ0n) is 16.4. The van der Waals surface area contributed by atoms with E-state index in [1.54, 1.807) is 0 Å². The van der Waals surface area contributed by atoms with Crippen molar-refractivity contribution in [3.8, 4) is 0 Å². The van der Waals surface area contributed by atoms with Crippen molar-refractivity contribution in [2.45, 2.75) is 52.3 Å². The van der Waals surface area contributed by atoms with E-state index in [9.17, 15) is 9.90 Å². The van der Waals surface area contributed by atoms with Crippen LogP contribution >= 0.6 is 0 Å². The highest BCUT2D eigenvalue weighted by molar-refractivity contribution is 5.99. The summed E-state index contributed by atoms with van der Waals surface area (Å²) in [6, 6.07) is 7.89. The molecule has 146 valence electrons. The van der Waals surface area contributed by atoms with Gasteiger partial charge in [0, 0.05) is 35.2 Å². The van der Waals surface area contributed by atoms with Gasteiger partial charge in [-0.05, 0) is 68.9 Å². The standard InChI is InChI=1S/C22H26N4O2/c1-13-14(2)23-19-7-6-16(10-18(13)19)22(28)25-8-3-9-26-17(12-25)11-20(24-26)21(27)15-4-5-15/h6-7,10-11,15,21,23,27H,3-5,8-9,12H2,1-2H3/t21-/m0/s1. The molecule has 2 N–H and O–H groups in total. The zero-order valence-corrected chi connectivity index (χ0v) is 16.4. The van der Waals surface area contributed by atoms with E-state index >= 15 is 0 Å². The minimum Gasteiger partial charge on any atom is -0.386 e. The lowest BCUT2D eigenvalue weighted by atomic mass is 10.1. The van der Waals surface area contributed by atoms with E-state index in [0.29, 0.717) is 19.0 Å². The maximum atomic E-state index is 13.2. The number of carbonyl (C=O) groups is 1. The van der Waals surface area contributed by atoms with E-state index in [0.717, 1.165) is 59.4 Å². The number of benzene rings is 1. The van der Waals surface area contributed by atoms with Gasteiger partial charge in [0.05, 0.1) is 17.9 Å². The summed E-state index contributed by atoms with van der Waals surface area (Å²) in [5.41, 5.74) is 5.89. The maximum absolute atomic E-state index is 13.2. The van der Waals surface area contributed by atoms with Gasteiger partial charge in [-0.2, -0.15) is 5.10 Å². The Hall–Kier alpha value is -2.60. The molecule has 0 bridgehead atoms. The van der Waals surface area contributed by atoms with Gasteiger partial charge in [0.25, 0.3) is 5.91 Å². The van der Waals surface area contributed by atoms with E-state index in [2.05, 4.69) is 23.9 Å². The highest BCUT2D eigenvalue weighted by Crippen LogP contribution is 2.40. The van der Waals surface area contributed by atoms with Gasteiger partial charge in [0.2, 0.25) is 0 Å². The van der Waals surface area contributed by atoms with Gasteiger partial charge >= 0.3 is 0 Å². The summed E-state index contributed by atoms with van der Waals surface area (Å²) in [5, 5.41) is 16.1. The number of nitrogens with zero attached hydrogens (tertiary/aromatic N) is 3. The normalized spacial score (nSPS) is 18.2. The first-order valence-electron chi connectivity index (χ1n) is 10.1. The van der Waals surface area contributed by atoms with Gasteiger partial charge in [-0.1, -0.05) is 0 Å². The Kier molecular flexibility index (Phi) is 4.05. The van der Waals surface area contributed by atoms with Gasteiger partial charge in [-0.15, -0.1) is 0 Å². The first-order chi connectivity index (χ1) is 13.5. The summed E-state index contributed by atoms with van der Waals surface area (Å²) < 4.78 is 1.97. The van der Waals surface area contributed by atoms with Crippen molar-refractivity contribution in [1.29, 1.82) is 0 Å². The van der Waals surface area contributed by atoms with Crippen LogP contribution in [0.2, 0.25) is 0 Å². The molecule has 6 heteroatoms. The summed E-state index contributed by atoms with van der Waals surface area (Å²) in [6.45, 7) is 6.17. The third-order valence-electron chi connectivity index (χ3n) is 6.25. The number of nitrogens with one attached hydrogen (secondary N) is 1. The predicted molar refractivity (Wildman–Crippen MR) is 107 cm³/mol. The first kappa shape index (κ1) is 17.5. The van der Waals surface area contributed by atoms with E-state index in [1.807, 2.05) is 33.8 Å². The summed E-state index contributed by atoms with van der Waals surface area (Å²) in [7, 11) is 0. The quantitative estimate of drug-likeness (QED) is 0.733. The highest BCUT2D eigenvalue weighted by Gasteiger charge is 2.33. The molecule has 1 atom stereocenters. The number of aliphatic hydroxyl groups excluding tert-OH is 1. The van der Waals surface area contributed by atoms with Crippen LogP contribution in [0.4, 0.5) is 0 Å². The van der Waals surface area contributed by atoms with E-state index in [-0.39, 0.29) is 5.91 Å². The third-order valence-corrected chi connectivity index (χ3v) is 6.25. The molecule has 1 aliphatic carbocycles. The third kappa shape index (κ3) is 2.92. The molecule has 3 heterocycles. The molecule has 5 rings (SSSR count). The van der Waals surface area contributed by atoms with Gasteiger partial charge in [-0.3, -0.25) is 9.48 Å². The lowest BCUT2D eigenvalue weighted by Gasteiger charge is -2.20. The van der Waals surface area contributed by atoms with Crippen LogP contribution in [0, 0.1) is 19.8 Å². The summed E-state index contributed by atoms with van der Waals surface area (Å²) >= 11 is 0. The number of hydrogen-bond donors (Lipinski definition) is 2. The number of aliphatic hydroxyl groups is 1. The number of aromatic amines is 1. The van der Waals surface area contributed by atoms with Gasteiger partial charge in [-0.25, -0.2) is 0 Å². The minimum atomic E-state index is -0.467. The second-order valence-electron chi connectivity index (χ2n) is 8.28. The molecule has 1 aliphatic heterocycles. The van der Waals surface area contributed by atoms with Crippen LogP contribution in [-0.2, 0) is 13.1 Å². The first-order valence-corrected chi connectivity index (χ1v) is 10.1. The molecule has 1 amide bonds. The molecule has 1 fully saturated rings. The minimum absolute atomic E-state index is 0.0547. The second-order valence-corrected chi connectivity index (χ2v) is 8.28. The Labute approximate surface area is 164 Å². The van der Waals surface area contributed by atoms with Crippen LogP contribution < -0.4 is 0 Å². The largest absolute Gasteiger partial charge is 0.386 e. The van der Waals surface area contributed by atoms with E-state index < -0.39 is 6.10 Å². The van der Waals surface area contributed by atoms with Crippen molar-refractivity contribution in [2.24, 2.45) is 5.92 Å². The Morgan fingerprint density at radius 1 is 1.25 bits per heavy atom. The summed E-state index contributed by atoms with van der Waals surface area (Å²) in [6.07, 6.45) is 2.55. The highest BCUT2D eigenvalue weighted by atomic mass is 16.3. The molecule has 1 saturated carbocycles. The monoisotopic (exact) mass is 378 g/mol. The van der Waals surface area contributed by atoms with Crippen LogP contribution in [0.5, 0.6) is 0 Å². The molecule has 0 radical (unpaired) electrons. The Bertz CT molecular complexity index is 1060. The molecule has 1 aromatic carbocycles. The smallest absolute Gasteiger partial charge is 0.254 e. The molecular formula is C22H26N4O2. The van der Waals surface area contributed by atoms with Crippen molar-refractivity contribution in [2.75, 3.05) is 6.54 Å². The number of hydrogen-bond acceptors (Lipinski definition) is 3. The number of H-pyrrole nitrogens is 1. The molecule has 0 saturated heterocycles. The number of aromatic nitrogens is 3.